The fraction of sp³-hybridized carbons (Fsp3) is 0. The number of nitrogens with one attached hydrogen (secondary N) is 1. The van der Waals surface area contributed by atoms with Crippen LogP contribution >= 0.6 is 12.2 Å². The molecule has 0 amide bonds. The molecule has 0 radical (unpaired) electrons. The minimum absolute atomic E-state index is 0.00231. The fourth-order valence-corrected chi connectivity index (χ4v) is 1.74. The highest BCUT2D eigenvalue weighted by Gasteiger charge is 2.06. The van der Waals surface area contributed by atoms with Crippen LogP contribution in [0.2, 0.25) is 0 Å². The first-order valence-electron chi connectivity index (χ1n) is 5.88. The quantitative estimate of drug-likeness (QED) is 0.396. The van der Waals surface area contributed by atoms with Crippen LogP contribution in [0.5, 0.6) is 11.5 Å². The lowest BCUT2D eigenvalue weighted by molar-refractivity contribution is 0.432. The van der Waals surface area contributed by atoms with Crippen LogP contribution in [0.25, 0.3) is 11.1 Å². The molecule has 0 aliphatic carbocycles. The SMILES string of the molecule is NC(=S)N/N=C/c1cc(-c2ccc(O)c(F)c2)ccc1O. The summed E-state index contributed by atoms with van der Waals surface area (Å²) in [6.07, 6.45) is 1.34. The van der Waals surface area contributed by atoms with Crippen molar-refractivity contribution >= 4 is 23.5 Å². The van der Waals surface area contributed by atoms with Gasteiger partial charge in [-0.1, -0.05) is 12.1 Å². The monoisotopic (exact) mass is 305 g/mol. The van der Waals surface area contributed by atoms with Crippen molar-refractivity contribution in [1.82, 2.24) is 5.43 Å². The second kappa shape index (κ2) is 6.19. The lowest BCUT2D eigenvalue weighted by atomic mass is 10.0. The molecule has 2 rings (SSSR count). The summed E-state index contributed by atoms with van der Waals surface area (Å²) in [4.78, 5) is 0. The molecule has 2 aromatic carbocycles. The summed E-state index contributed by atoms with van der Waals surface area (Å²) < 4.78 is 13.4. The molecule has 0 fully saturated rings. The molecule has 0 unspecified atom stereocenters. The lowest BCUT2D eigenvalue weighted by Crippen LogP contribution is -2.23. The van der Waals surface area contributed by atoms with Gasteiger partial charge in [-0.2, -0.15) is 5.10 Å². The van der Waals surface area contributed by atoms with Crippen LogP contribution < -0.4 is 11.2 Å². The van der Waals surface area contributed by atoms with Crippen LogP contribution in [0.1, 0.15) is 5.56 Å². The maximum atomic E-state index is 13.4. The molecule has 5 N–H and O–H groups in total. The molecule has 0 saturated carbocycles. The Balaban J connectivity index is 2.35. The van der Waals surface area contributed by atoms with Crippen molar-refractivity contribution in [2.45, 2.75) is 0 Å². The van der Waals surface area contributed by atoms with E-state index in [2.05, 4.69) is 22.7 Å². The average molecular weight is 305 g/mol. The molecule has 7 heteroatoms. The van der Waals surface area contributed by atoms with E-state index in [-0.39, 0.29) is 10.9 Å². The normalized spacial score (nSPS) is 10.7. The van der Waals surface area contributed by atoms with Gasteiger partial charge in [0.25, 0.3) is 0 Å². The summed E-state index contributed by atoms with van der Waals surface area (Å²) in [5.41, 5.74) is 9.22. The van der Waals surface area contributed by atoms with Crippen molar-refractivity contribution in [3.8, 4) is 22.6 Å². The van der Waals surface area contributed by atoms with E-state index in [0.717, 1.165) is 0 Å². The molecular weight excluding hydrogens is 293 g/mol. The molecule has 0 spiro atoms. The zero-order valence-electron chi connectivity index (χ0n) is 10.7. The largest absolute Gasteiger partial charge is 0.507 e. The lowest BCUT2D eigenvalue weighted by Gasteiger charge is -2.06. The zero-order valence-corrected chi connectivity index (χ0v) is 11.6. The van der Waals surface area contributed by atoms with E-state index >= 15 is 0 Å². The maximum Gasteiger partial charge on any atom is 0.184 e. The van der Waals surface area contributed by atoms with Gasteiger partial charge in [0.15, 0.2) is 16.7 Å². The molecule has 5 nitrogen and oxygen atoms in total. The molecule has 0 aliphatic rings. The fourth-order valence-electron chi connectivity index (χ4n) is 1.69. The van der Waals surface area contributed by atoms with E-state index in [9.17, 15) is 14.6 Å². The van der Waals surface area contributed by atoms with Gasteiger partial charge in [0, 0.05) is 5.56 Å². The van der Waals surface area contributed by atoms with Crippen molar-refractivity contribution in [3.05, 3.63) is 47.8 Å². The van der Waals surface area contributed by atoms with E-state index in [0.29, 0.717) is 16.7 Å². The molecule has 0 aromatic heterocycles. The van der Waals surface area contributed by atoms with Crippen molar-refractivity contribution in [3.63, 3.8) is 0 Å². The Labute approximate surface area is 125 Å². The smallest absolute Gasteiger partial charge is 0.184 e. The Kier molecular flexibility index (Phi) is 4.34. The number of nitrogens with zero attached hydrogens (tertiary/aromatic N) is 1. The van der Waals surface area contributed by atoms with Crippen LogP contribution in [0.15, 0.2) is 41.5 Å². The van der Waals surface area contributed by atoms with Crippen molar-refractivity contribution < 1.29 is 14.6 Å². The maximum absolute atomic E-state index is 13.4. The van der Waals surface area contributed by atoms with E-state index in [1.165, 1.54) is 24.4 Å². The minimum atomic E-state index is -0.717. The van der Waals surface area contributed by atoms with Crippen LogP contribution in [-0.2, 0) is 0 Å². The standard InChI is InChI=1S/C14H12FN3O2S/c15-11-6-9(2-4-13(11)20)8-1-3-12(19)10(5-8)7-17-18-14(16)21/h1-7,19-20H,(H3,16,18,21)/b17-7+. The second-order valence-corrected chi connectivity index (χ2v) is 4.61. The zero-order chi connectivity index (χ0) is 15.4. The molecule has 0 atom stereocenters. The first-order chi connectivity index (χ1) is 9.97. The van der Waals surface area contributed by atoms with Gasteiger partial charge >= 0.3 is 0 Å². The number of hydrogen-bond donors (Lipinski definition) is 4. The van der Waals surface area contributed by atoms with Crippen molar-refractivity contribution in [1.29, 1.82) is 0 Å². The first-order valence-corrected chi connectivity index (χ1v) is 6.28. The highest BCUT2D eigenvalue weighted by molar-refractivity contribution is 7.80. The number of benzene rings is 2. The van der Waals surface area contributed by atoms with E-state index in [1.807, 2.05) is 0 Å². The Morgan fingerprint density at radius 2 is 1.76 bits per heavy atom. The Bertz CT molecular complexity index is 719. The van der Waals surface area contributed by atoms with Gasteiger partial charge in [0.05, 0.1) is 6.21 Å². The van der Waals surface area contributed by atoms with E-state index in [4.69, 9.17) is 5.73 Å². The highest BCUT2D eigenvalue weighted by Crippen LogP contribution is 2.28. The molecular formula is C14H12FN3O2S. The van der Waals surface area contributed by atoms with Crippen molar-refractivity contribution in [2.24, 2.45) is 10.8 Å². The third-order valence-corrected chi connectivity index (χ3v) is 2.78. The van der Waals surface area contributed by atoms with Gasteiger partial charge in [-0.3, -0.25) is 5.43 Å². The van der Waals surface area contributed by atoms with Gasteiger partial charge in [-0.25, -0.2) is 4.39 Å². The number of nitrogens with two attached hydrogens (primary N) is 1. The predicted molar refractivity (Wildman–Crippen MR) is 82.7 cm³/mol. The van der Waals surface area contributed by atoms with Gasteiger partial charge in [0.2, 0.25) is 0 Å². The van der Waals surface area contributed by atoms with Crippen LogP contribution in [-0.4, -0.2) is 21.5 Å². The number of halogens is 1. The summed E-state index contributed by atoms with van der Waals surface area (Å²) in [5.74, 6) is -1.13. The number of hydrazone groups is 1. The molecule has 2 aromatic rings. The molecule has 0 saturated heterocycles. The van der Waals surface area contributed by atoms with Crippen LogP contribution in [0, 0.1) is 5.82 Å². The van der Waals surface area contributed by atoms with Gasteiger partial charge in [0.1, 0.15) is 5.75 Å². The summed E-state index contributed by atoms with van der Waals surface area (Å²) >= 11 is 4.60. The first kappa shape index (κ1) is 14.7. The summed E-state index contributed by atoms with van der Waals surface area (Å²) in [6.45, 7) is 0. The topological polar surface area (TPSA) is 90.9 Å². The summed E-state index contributed by atoms with van der Waals surface area (Å²) in [5, 5.41) is 22.7. The molecule has 108 valence electrons. The molecule has 0 heterocycles. The number of phenolic OH excluding ortho intramolecular Hbond substituents is 2. The summed E-state index contributed by atoms with van der Waals surface area (Å²) in [6, 6.07) is 8.74. The average Bonchev–Trinajstić information content (AvgIpc) is 2.43. The number of phenols is 2. The molecule has 0 aliphatic heterocycles. The van der Waals surface area contributed by atoms with Gasteiger partial charge < -0.3 is 15.9 Å². The predicted octanol–water partition coefficient (Wildman–Crippen LogP) is 2.07. The van der Waals surface area contributed by atoms with Crippen molar-refractivity contribution in [2.75, 3.05) is 0 Å². The van der Waals surface area contributed by atoms with Gasteiger partial charge in [-0.15, -0.1) is 0 Å². The number of hydrogen-bond acceptors (Lipinski definition) is 4. The number of rotatable bonds is 3. The Hall–Kier alpha value is -2.67. The third-order valence-electron chi connectivity index (χ3n) is 2.69. The van der Waals surface area contributed by atoms with E-state index in [1.54, 1.807) is 18.2 Å². The Morgan fingerprint density at radius 3 is 2.38 bits per heavy atom. The Morgan fingerprint density at radius 1 is 1.14 bits per heavy atom. The summed E-state index contributed by atoms with van der Waals surface area (Å²) in [7, 11) is 0. The third kappa shape index (κ3) is 3.67. The second-order valence-electron chi connectivity index (χ2n) is 4.17. The van der Waals surface area contributed by atoms with E-state index < -0.39 is 11.6 Å². The highest BCUT2D eigenvalue weighted by atomic mass is 32.1. The minimum Gasteiger partial charge on any atom is -0.507 e. The van der Waals surface area contributed by atoms with Crippen LogP contribution in [0.4, 0.5) is 4.39 Å². The molecule has 21 heavy (non-hydrogen) atoms. The number of aromatic hydroxyl groups is 2. The number of thiocarbonyl (C=S) groups is 1. The van der Waals surface area contributed by atoms with Gasteiger partial charge in [-0.05, 0) is 47.6 Å². The van der Waals surface area contributed by atoms with Crippen LogP contribution in [0.3, 0.4) is 0 Å². The molecule has 0 bridgehead atoms.